The summed E-state index contributed by atoms with van der Waals surface area (Å²) in [7, 11) is 0. The van der Waals surface area contributed by atoms with Gasteiger partial charge in [-0.05, 0) is 12.5 Å². The lowest BCUT2D eigenvalue weighted by Gasteiger charge is -2.04. The van der Waals surface area contributed by atoms with E-state index >= 15 is 0 Å². The molecular weight excluding hydrogens is 228 g/mol. The van der Waals surface area contributed by atoms with Crippen LogP contribution < -0.4 is 0 Å². The fourth-order valence-corrected chi connectivity index (χ4v) is 1.27. The molecule has 3 N–H and O–H groups in total. The van der Waals surface area contributed by atoms with Gasteiger partial charge in [0.15, 0.2) is 0 Å². The number of aliphatic carboxylic acids is 1. The molecule has 0 spiro atoms. The van der Waals surface area contributed by atoms with Gasteiger partial charge in [0.1, 0.15) is 0 Å². The quantitative estimate of drug-likeness (QED) is 0.885. The van der Waals surface area contributed by atoms with Gasteiger partial charge in [-0.15, -0.1) is 0 Å². The van der Waals surface area contributed by atoms with Crippen LogP contribution in [0.15, 0.2) is 66.7 Å². The Morgan fingerprint density at radius 2 is 1.22 bits per heavy atom. The first-order valence-corrected chi connectivity index (χ1v) is 5.49. The molecule has 0 aliphatic heterocycles. The topological polar surface area (TPSA) is 68.8 Å². The fourth-order valence-electron chi connectivity index (χ4n) is 1.27. The van der Waals surface area contributed by atoms with Crippen LogP contribution >= 0.6 is 0 Å². The highest BCUT2D eigenvalue weighted by Gasteiger charge is 2.11. The maximum atomic E-state index is 10.5. The molecule has 3 nitrogen and oxygen atoms in total. The molecule has 2 aromatic rings. The Labute approximate surface area is 107 Å². The lowest BCUT2D eigenvalue weighted by molar-refractivity contribution is -0.138. The van der Waals surface area contributed by atoms with Gasteiger partial charge >= 0.3 is 5.97 Å². The number of carbonyl (C=O) groups is 1. The minimum absolute atomic E-state index is 0. The molecule has 0 bridgehead atoms. The van der Waals surface area contributed by atoms with Gasteiger partial charge in [-0.2, -0.15) is 0 Å². The van der Waals surface area contributed by atoms with Crippen LogP contribution in [0, 0.1) is 0 Å². The molecule has 1 atom stereocenters. The molecule has 1 unspecified atom stereocenters. The van der Waals surface area contributed by atoms with Crippen LogP contribution in [-0.4, -0.2) is 16.6 Å². The largest absolute Gasteiger partial charge is 0.481 e. The second-order valence-electron chi connectivity index (χ2n) is 3.63. The van der Waals surface area contributed by atoms with Gasteiger partial charge in [0.2, 0.25) is 0 Å². The minimum atomic E-state index is -0.781. The van der Waals surface area contributed by atoms with E-state index in [-0.39, 0.29) is 5.48 Å². The summed E-state index contributed by atoms with van der Waals surface area (Å²) < 4.78 is 0. The normalized spacial score (nSPS) is 10.3. The molecule has 3 heteroatoms. The van der Waals surface area contributed by atoms with E-state index in [0.717, 1.165) is 5.56 Å². The van der Waals surface area contributed by atoms with Crippen molar-refractivity contribution in [2.45, 2.75) is 12.8 Å². The fraction of sp³-hybridized carbons (Fsp3) is 0.133. The molecule has 0 fully saturated rings. The van der Waals surface area contributed by atoms with E-state index < -0.39 is 11.9 Å². The molecule has 2 rings (SSSR count). The van der Waals surface area contributed by atoms with Gasteiger partial charge < -0.3 is 10.6 Å². The van der Waals surface area contributed by atoms with Crippen molar-refractivity contribution in [1.29, 1.82) is 0 Å². The van der Waals surface area contributed by atoms with Gasteiger partial charge in [-0.3, -0.25) is 4.79 Å². The van der Waals surface area contributed by atoms with Crippen molar-refractivity contribution in [2.24, 2.45) is 0 Å². The minimum Gasteiger partial charge on any atom is -0.481 e. The number of carboxylic acids is 1. The van der Waals surface area contributed by atoms with Crippen LogP contribution in [-0.2, 0) is 4.79 Å². The van der Waals surface area contributed by atoms with Crippen molar-refractivity contribution in [2.75, 3.05) is 0 Å². The van der Waals surface area contributed by atoms with E-state index in [0.29, 0.717) is 0 Å². The third-order valence-electron chi connectivity index (χ3n) is 2.34. The first-order chi connectivity index (χ1) is 8.22. The molecule has 0 radical (unpaired) electrons. The summed E-state index contributed by atoms with van der Waals surface area (Å²) in [4.78, 5) is 10.5. The number of hydrogen-bond acceptors (Lipinski definition) is 1. The third kappa shape index (κ3) is 5.82. The van der Waals surface area contributed by atoms with Crippen molar-refractivity contribution in [1.82, 2.24) is 0 Å². The molecule has 0 saturated heterocycles. The summed E-state index contributed by atoms with van der Waals surface area (Å²) >= 11 is 0. The van der Waals surface area contributed by atoms with E-state index in [1.165, 1.54) is 0 Å². The molecule has 0 saturated carbocycles. The highest BCUT2D eigenvalue weighted by molar-refractivity contribution is 5.75. The molecule has 96 valence electrons. The Hall–Kier alpha value is -2.13. The van der Waals surface area contributed by atoms with Crippen molar-refractivity contribution >= 4 is 5.97 Å². The summed E-state index contributed by atoms with van der Waals surface area (Å²) in [5.74, 6) is -1.19. The average Bonchev–Trinajstić information content (AvgIpc) is 2.41. The predicted molar refractivity (Wildman–Crippen MR) is 72.5 cm³/mol. The van der Waals surface area contributed by atoms with Crippen LogP contribution in [0.4, 0.5) is 0 Å². The number of rotatable bonds is 2. The molecule has 0 aliphatic rings. The van der Waals surface area contributed by atoms with Crippen molar-refractivity contribution in [3.63, 3.8) is 0 Å². The van der Waals surface area contributed by atoms with Crippen LogP contribution in [0.5, 0.6) is 0 Å². The predicted octanol–water partition coefficient (Wildman–Crippen LogP) is 2.74. The van der Waals surface area contributed by atoms with Crippen molar-refractivity contribution in [3.8, 4) is 0 Å². The van der Waals surface area contributed by atoms with Gasteiger partial charge in [0.05, 0.1) is 5.92 Å². The highest BCUT2D eigenvalue weighted by Crippen LogP contribution is 2.13. The van der Waals surface area contributed by atoms with Crippen molar-refractivity contribution in [3.05, 3.63) is 72.3 Å². The summed E-state index contributed by atoms with van der Waals surface area (Å²) in [6.45, 7) is 1.68. The van der Waals surface area contributed by atoms with E-state index in [1.54, 1.807) is 6.92 Å². The summed E-state index contributed by atoms with van der Waals surface area (Å²) in [5.41, 5.74) is 0.847. The smallest absolute Gasteiger partial charge is 0.310 e. The van der Waals surface area contributed by atoms with Gasteiger partial charge in [-0.25, -0.2) is 0 Å². The van der Waals surface area contributed by atoms with E-state index in [1.807, 2.05) is 66.7 Å². The van der Waals surface area contributed by atoms with Crippen LogP contribution in [0.1, 0.15) is 18.4 Å². The molecule has 0 amide bonds. The maximum Gasteiger partial charge on any atom is 0.310 e. The van der Waals surface area contributed by atoms with Crippen molar-refractivity contribution < 1.29 is 15.4 Å². The Morgan fingerprint density at radius 1 is 0.889 bits per heavy atom. The van der Waals surface area contributed by atoms with E-state index in [4.69, 9.17) is 5.11 Å². The second kappa shape index (κ2) is 8.96. The molecule has 0 aliphatic carbocycles. The molecule has 0 aromatic heterocycles. The van der Waals surface area contributed by atoms with Crippen LogP contribution in [0.2, 0.25) is 0 Å². The maximum absolute atomic E-state index is 10.5. The number of carboxylic acid groups (broad SMARTS) is 1. The molecule has 2 aromatic carbocycles. The zero-order valence-electron chi connectivity index (χ0n) is 10.3. The lowest BCUT2D eigenvalue weighted by atomic mass is 10.0. The van der Waals surface area contributed by atoms with Crippen LogP contribution in [0.25, 0.3) is 0 Å². The summed E-state index contributed by atoms with van der Waals surface area (Å²) in [6, 6.07) is 21.2. The van der Waals surface area contributed by atoms with Gasteiger partial charge in [0.25, 0.3) is 0 Å². The Bertz CT molecular complexity index is 399. The second-order valence-corrected chi connectivity index (χ2v) is 3.63. The van der Waals surface area contributed by atoms with Crippen LogP contribution in [0.3, 0.4) is 0 Å². The third-order valence-corrected chi connectivity index (χ3v) is 2.34. The highest BCUT2D eigenvalue weighted by atomic mass is 16.4. The zero-order valence-corrected chi connectivity index (χ0v) is 10.3. The number of benzene rings is 2. The first-order valence-electron chi connectivity index (χ1n) is 5.49. The SMILES string of the molecule is CC(C(=O)O)c1ccccc1.O.c1ccccc1. The molecule has 18 heavy (non-hydrogen) atoms. The Balaban J connectivity index is 0.000000352. The molecule has 0 heterocycles. The summed E-state index contributed by atoms with van der Waals surface area (Å²) in [6.07, 6.45) is 0. The van der Waals surface area contributed by atoms with E-state index in [9.17, 15) is 4.79 Å². The lowest BCUT2D eigenvalue weighted by Crippen LogP contribution is -2.06. The Kier molecular flexibility index (Phi) is 7.90. The monoisotopic (exact) mass is 246 g/mol. The van der Waals surface area contributed by atoms with Gasteiger partial charge in [0, 0.05) is 0 Å². The summed E-state index contributed by atoms with van der Waals surface area (Å²) in [5, 5.41) is 8.64. The zero-order chi connectivity index (χ0) is 12.5. The molecular formula is C15H18O3. The first kappa shape index (κ1) is 15.9. The average molecular weight is 246 g/mol. The number of hydrogen-bond donors (Lipinski definition) is 1. The Morgan fingerprint density at radius 3 is 1.56 bits per heavy atom. The van der Waals surface area contributed by atoms with Gasteiger partial charge in [-0.1, -0.05) is 66.7 Å². The standard InChI is InChI=1S/C9H10O2.C6H6.H2O/c1-7(9(10)11)8-5-3-2-4-6-8;1-2-4-6-5-3-1;/h2-7H,1H3,(H,10,11);1-6H;1H2. The van der Waals surface area contributed by atoms with E-state index in [2.05, 4.69) is 0 Å².